The normalized spacial score (nSPS) is 18.6. The number of anilines is 1. The summed E-state index contributed by atoms with van der Waals surface area (Å²) in [4.78, 5) is 13.7. The van der Waals surface area contributed by atoms with Gasteiger partial charge in [0.25, 0.3) is 5.91 Å². The molecule has 1 amide bonds. The number of carbonyl (C=O) groups excluding carboxylic acids is 1. The highest BCUT2D eigenvalue weighted by Crippen LogP contribution is 2.20. The Morgan fingerprint density at radius 2 is 2.29 bits per heavy atom. The third kappa shape index (κ3) is 4.39. The Labute approximate surface area is 126 Å². The van der Waals surface area contributed by atoms with Gasteiger partial charge in [-0.15, -0.1) is 10.2 Å². The van der Waals surface area contributed by atoms with Gasteiger partial charge in [-0.2, -0.15) is 0 Å². The Balaban J connectivity index is 1.92. The number of nitrogens with zero attached hydrogens (tertiary/aromatic N) is 3. The van der Waals surface area contributed by atoms with E-state index in [4.69, 9.17) is 0 Å². The van der Waals surface area contributed by atoms with Gasteiger partial charge in [0.1, 0.15) is 0 Å². The number of nitrogens with one attached hydrogen (secondary N) is 2. The van der Waals surface area contributed by atoms with Crippen molar-refractivity contribution in [3.63, 3.8) is 0 Å². The molecule has 0 bridgehead atoms. The van der Waals surface area contributed by atoms with Crippen LogP contribution in [0.2, 0.25) is 0 Å². The highest BCUT2D eigenvalue weighted by molar-refractivity contribution is 5.91. The van der Waals surface area contributed by atoms with Crippen LogP contribution in [0.1, 0.15) is 36.7 Å². The van der Waals surface area contributed by atoms with Crippen LogP contribution < -0.4 is 15.5 Å². The third-order valence-corrected chi connectivity index (χ3v) is 3.81. The molecule has 116 valence electrons. The van der Waals surface area contributed by atoms with Crippen LogP contribution in [0.3, 0.4) is 0 Å². The van der Waals surface area contributed by atoms with E-state index in [0.29, 0.717) is 11.6 Å². The van der Waals surface area contributed by atoms with E-state index >= 15 is 0 Å². The fourth-order valence-corrected chi connectivity index (χ4v) is 2.67. The number of carbonyl (C=O) groups is 1. The van der Waals surface area contributed by atoms with E-state index in [0.717, 1.165) is 32.0 Å². The van der Waals surface area contributed by atoms with Crippen LogP contribution in [0.5, 0.6) is 0 Å². The minimum absolute atomic E-state index is 0.200. The maximum absolute atomic E-state index is 11.5. The van der Waals surface area contributed by atoms with Gasteiger partial charge < -0.3 is 15.5 Å². The van der Waals surface area contributed by atoms with E-state index in [9.17, 15) is 4.79 Å². The minimum atomic E-state index is -0.200. The molecule has 0 spiro atoms. The number of rotatable bonds is 6. The lowest BCUT2D eigenvalue weighted by atomic mass is 9.98. The zero-order valence-corrected chi connectivity index (χ0v) is 12.9. The van der Waals surface area contributed by atoms with Crippen LogP contribution in [-0.2, 0) is 0 Å². The Hall–Kier alpha value is -1.69. The first-order chi connectivity index (χ1) is 10.2. The highest BCUT2D eigenvalue weighted by atomic mass is 16.1. The first-order valence-electron chi connectivity index (χ1n) is 7.76. The largest absolute Gasteiger partial charge is 0.355 e. The fraction of sp³-hybridized carbons (Fsp3) is 0.667. The zero-order valence-electron chi connectivity index (χ0n) is 12.9. The van der Waals surface area contributed by atoms with Crippen molar-refractivity contribution in [3.8, 4) is 0 Å². The van der Waals surface area contributed by atoms with E-state index in [1.165, 1.54) is 19.3 Å². The molecule has 2 N–H and O–H groups in total. The van der Waals surface area contributed by atoms with E-state index in [2.05, 4.69) is 32.7 Å². The Kier molecular flexibility index (Phi) is 5.92. The van der Waals surface area contributed by atoms with Crippen molar-refractivity contribution in [2.24, 2.45) is 5.92 Å². The molecule has 1 aromatic heterocycles. The summed E-state index contributed by atoms with van der Waals surface area (Å²) in [5.74, 6) is 1.32. The zero-order chi connectivity index (χ0) is 15.1. The molecule has 1 fully saturated rings. The SMILES string of the molecule is CCCNCC1CCCN(c2ccc(C(=O)NC)nn2)C1. The third-order valence-electron chi connectivity index (χ3n) is 3.81. The topological polar surface area (TPSA) is 70.2 Å². The average molecular weight is 291 g/mol. The Bertz CT molecular complexity index is 448. The standard InChI is InChI=1S/C15H25N5O/c1-3-8-17-10-12-5-4-9-20(11-12)14-7-6-13(18-19-14)15(21)16-2/h6-7,12,17H,3-5,8-11H2,1-2H3,(H,16,21). The van der Waals surface area contributed by atoms with Gasteiger partial charge in [-0.1, -0.05) is 6.92 Å². The Morgan fingerprint density at radius 1 is 1.43 bits per heavy atom. The molecule has 1 aliphatic heterocycles. The van der Waals surface area contributed by atoms with Crippen molar-refractivity contribution in [2.45, 2.75) is 26.2 Å². The van der Waals surface area contributed by atoms with Crippen LogP contribution in [-0.4, -0.2) is 49.3 Å². The molecule has 1 unspecified atom stereocenters. The second kappa shape index (κ2) is 7.93. The molecular formula is C15H25N5O. The van der Waals surface area contributed by atoms with Crippen LogP contribution in [0, 0.1) is 5.92 Å². The van der Waals surface area contributed by atoms with Crippen molar-refractivity contribution >= 4 is 11.7 Å². The maximum atomic E-state index is 11.5. The van der Waals surface area contributed by atoms with Crippen LogP contribution in [0.25, 0.3) is 0 Å². The molecular weight excluding hydrogens is 266 g/mol. The molecule has 1 saturated heterocycles. The lowest BCUT2D eigenvalue weighted by Gasteiger charge is -2.33. The molecule has 6 nitrogen and oxygen atoms in total. The molecule has 21 heavy (non-hydrogen) atoms. The van der Waals surface area contributed by atoms with Crippen molar-refractivity contribution in [1.82, 2.24) is 20.8 Å². The van der Waals surface area contributed by atoms with Crippen LogP contribution >= 0.6 is 0 Å². The molecule has 1 atom stereocenters. The van der Waals surface area contributed by atoms with Gasteiger partial charge in [-0.05, 0) is 50.4 Å². The van der Waals surface area contributed by atoms with Crippen molar-refractivity contribution < 1.29 is 4.79 Å². The van der Waals surface area contributed by atoms with Gasteiger partial charge in [-0.3, -0.25) is 4.79 Å². The highest BCUT2D eigenvalue weighted by Gasteiger charge is 2.21. The molecule has 0 aliphatic carbocycles. The monoisotopic (exact) mass is 291 g/mol. The van der Waals surface area contributed by atoms with Gasteiger partial charge in [0.2, 0.25) is 0 Å². The number of hydrogen-bond donors (Lipinski definition) is 2. The van der Waals surface area contributed by atoms with Gasteiger partial charge in [0.15, 0.2) is 11.5 Å². The summed E-state index contributed by atoms with van der Waals surface area (Å²) in [6.07, 6.45) is 3.61. The fourth-order valence-electron chi connectivity index (χ4n) is 2.67. The quantitative estimate of drug-likeness (QED) is 0.767. The molecule has 2 rings (SSSR count). The smallest absolute Gasteiger partial charge is 0.271 e. The van der Waals surface area contributed by atoms with Gasteiger partial charge in [-0.25, -0.2) is 0 Å². The predicted molar refractivity (Wildman–Crippen MR) is 83.5 cm³/mol. The van der Waals surface area contributed by atoms with Crippen LogP contribution in [0.4, 0.5) is 5.82 Å². The van der Waals surface area contributed by atoms with Gasteiger partial charge in [0, 0.05) is 20.1 Å². The molecule has 0 radical (unpaired) electrons. The van der Waals surface area contributed by atoms with E-state index < -0.39 is 0 Å². The van der Waals surface area contributed by atoms with Crippen molar-refractivity contribution in [1.29, 1.82) is 0 Å². The molecule has 1 aliphatic rings. The van der Waals surface area contributed by atoms with Crippen molar-refractivity contribution in [3.05, 3.63) is 17.8 Å². The van der Waals surface area contributed by atoms with E-state index in [1.807, 2.05) is 6.07 Å². The predicted octanol–water partition coefficient (Wildman–Crippen LogP) is 1.05. The molecule has 2 heterocycles. The van der Waals surface area contributed by atoms with Crippen molar-refractivity contribution in [2.75, 3.05) is 38.1 Å². The maximum Gasteiger partial charge on any atom is 0.271 e. The number of piperidine rings is 1. The van der Waals surface area contributed by atoms with Gasteiger partial charge >= 0.3 is 0 Å². The van der Waals surface area contributed by atoms with E-state index in [-0.39, 0.29) is 5.91 Å². The van der Waals surface area contributed by atoms with Gasteiger partial charge in [0.05, 0.1) is 0 Å². The summed E-state index contributed by atoms with van der Waals surface area (Å²) in [6.45, 7) is 6.35. The first-order valence-corrected chi connectivity index (χ1v) is 7.76. The molecule has 6 heteroatoms. The van der Waals surface area contributed by atoms with Crippen LogP contribution in [0.15, 0.2) is 12.1 Å². The van der Waals surface area contributed by atoms with E-state index in [1.54, 1.807) is 13.1 Å². The summed E-state index contributed by atoms with van der Waals surface area (Å²) < 4.78 is 0. The lowest BCUT2D eigenvalue weighted by molar-refractivity contribution is 0.0957. The summed E-state index contributed by atoms with van der Waals surface area (Å²) in [5.41, 5.74) is 0.361. The molecule has 0 saturated carbocycles. The summed E-state index contributed by atoms with van der Waals surface area (Å²) in [5, 5.41) is 14.2. The Morgan fingerprint density at radius 3 is 2.95 bits per heavy atom. The number of amides is 1. The second-order valence-corrected chi connectivity index (χ2v) is 5.51. The second-order valence-electron chi connectivity index (χ2n) is 5.51. The average Bonchev–Trinajstić information content (AvgIpc) is 2.55. The number of hydrogen-bond acceptors (Lipinski definition) is 5. The first kappa shape index (κ1) is 15.7. The molecule has 1 aromatic rings. The molecule has 0 aromatic carbocycles. The number of aromatic nitrogens is 2. The lowest BCUT2D eigenvalue weighted by Crippen LogP contribution is -2.40. The summed E-state index contributed by atoms with van der Waals surface area (Å²) in [6, 6.07) is 3.62. The minimum Gasteiger partial charge on any atom is -0.355 e. The summed E-state index contributed by atoms with van der Waals surface area (Å²) >= 11 is 0. The summed E-state index contributed by atoms with van der Waals surface area (Å²) in [7, 11) is 1.59.